The molecule has 0 amide bonds. The first-order chi connectivity index (χ1) is 11.0. The van der Waals surface area contributed by atoms with Crippen molar-refractivity contribution in [2.75, 3.05) is 36.9 Å². The van der Waals surface area contributed by atoms with E-state index in [1.807, 2.05) is 0 Å². The largest absolute Gasteiger partial charge is 0.486 e. The minimum Gasteiger partial charge on any atom is -0.486 e. The van der Waals surface area contributed by atoms with Crippen molar-refractivity contribution >= 4 is 21.7 Å². The first-order valence-corrected chi connectivity index (χ1v) is 8.36. The molecule has 0 bridgehead atoms. The van der Waals surface area contributed by atoms with Gasteiger partial charge in [0.15, 0.2) is 11.5 Å². The van der Waals surface area contributed by atoms with Crippen LogP contribution in [0.25, 0.3) is 0 Å². The van der Waals surface area contributed by atoms with E-state index in [9.17, 15) is 8.42 Å². The zero-order valence-corrected chi connectivity index (χ0v) is 13.5. The van der Waals surface area contributed by atoms with Crippen LogP contribution < -0.4 is 19.1 Å². The van der Waals surface area contributed by atoms with Crippen molar-refractivity contribution in [3.05, 3.63) is 30.6 Å². The second kappa shape index (κ2) is 5.92. The fourth-order valence-corrected chi connectivity index (χ4v) is 3.05. The highest BCUT2D eigenvalue weighted by molar-refractivity contribution is 7.92. The normalized spacial score (nSPS) is 13.5. The molecule has 1 aliphatic rings. The van der Waals surface area contributed by atoms with E-state index >= 15 is 0 Å². The zero-order chi connectivity index (χ0) is 16.4. The summed E-state index contributed by atoms with van der Waals surface area (Å²) in [5.41, 5.74) is 0.283. The Kier molecular flexibility index (Phi) is 3.95. The molecule has 8 nitrogen and oxygen atoms in total. The van der Waals surface area contributed by atoms with Gasteiger partial charge in [-0.05, 0) is 12.1 Å². The molecule has 2 heterocycles. The number of anilines is 2. The lowest BCUT2D eigenvalue weighted by Gasteiger charge is -2.19. The number of hydrogen-bond donors (Lipinski definition) is 1. The molecule has 0 saturated carbocycles. The van der Waals surface area contributed by atoms with Crippen molar-refractivity contribution in [2.45, 2.75) is 4.90 Å². The summed E-state index contributed by atoms with van der Waals surface area (Å²) in [5.74, 6) is 1.44. The van der Waals surface area contributed by atoms with Gasteiger partial charge in [0.05, 0.1) is 23.0 Å². The summed E-state index contributed by atoms with van der Waals surface area (Å²) < 4.78 is 38.1. The number of fused-ring (bicyclic) bond motifs is 1. The Morgan fingerprint density at radius 3 is 2.39 bits per heavy atom. The second-order valence-corrected chi connectivity index (χ2v) is 6.76. The Hall–Kier alpha value is -2.55. The summed E-state index contributed by atoms with van der Waals surface area (Å²) in [6.45, 7) is 0.844. The monoisotopic (exact) mass is 336 g/mol. The van der Waals surface area contributed by atoms with Crippen molar-refractivity contribution in [3.63, 3.8) is 0 Å². The van der Waals surface area contributed by atoms with Gasteiger partial charge >= 0.3 is 0 Å². The molecule has 0 fully saturated rings. The Morgan fingerprint density at radius 2 is 1.74 bits per heavy atom. The van der Waals surface area contributed by atoms with Gasteiger partial charge in [-0.25, -0.2) is 18.4 Å². The number of ether oxygens (including phenoxy) is 2. The minimum absolute atomic E-state index is 0.0819. The zero-order valence-electron chi connectivity index (χ0n) is 12.7. The molecule has 0 saturated heterocycles. The van der Waals surface area contributed by atoms with Crippen molar-refractivity contribution in [1.82, 2.24) is 9.97 Å². The first-order valence-electron chi connectivity index (χ1n) is 6.87. The summed E-state index contributed by atoms with van der Waals surface area (Å²) >= 11 is 0. The molecule has 122 valence electrons. The molecule has 2 aromatic rings. The van der Waals surface area contributed by atoms with E-state index in [2.05, 4.69) is 14.7 Å². The standard InChI is InChI=1S/C14H16N4O4S/c1-18(2)14-15-8-10(9-16-14)17-23(19,20)11-3-4-12-13(7-11)22-6-5-21-12/h3-4,7-9,17H,5-6H2,1-2H3. The first kappa shape index (κ1) is 15.3. The number of nitrogens with one attached hydrogen (secondary N) is 1. The fraction of sp³-hybridized carbons (Fsp3) is 0.286. The SMILES string of the molecule is CN(C)c1ncc(NS(=O)(=O)c2ccc3c(c2)OCCO3)cn1. The molecule has 1 aromatic carbocycles. The predicted molar refractivity (Wildman–Crippen MR) is 84.6 cm³/mol. The number of sulfonamides is 1. The van der Waals surface area contributed by atoms with Crippen LogP contribution in [0.2, 0.25) is 0 Å². The molecule has 3 rings (SSSR count). The maximum Gasteiger partial charge on any atom is 0.262 e. The van der Waals surface area contributed by atoms with Crippen LogP contribution in [-0.2, 0) is 10.0 Å². The van der Waals surface area contributed by atoms with E-state index in [4.69, 9.17) is 9.47 Å². The summed E-state index contributed by atoms with van der Waals surface area (Å²) in [5, 5.41) is 0. The molecule has 0 radical (unpaired) electrons. The van der Waals surface area contributed by atoms with E-state index in [0.29, 0.717) is 30.7 Å². The maximum absolute atomic E-state index is 12.4. The van der Waals surface area contributed by atoms with E-state index in [1.165, 1.54) is 24.5 Å². The van der Waals surface area contributed by atoms with Gasteiger partial charge in [0.2, 0.25) is 5.95 Å². The van der Waals surface area contributed by atoms with Crippen LogP contribution in [0, 0.1) is 0 Å². The Bertz CT molecular complexity index is 806. The van der Waals surface area contributed by atoms with Gasteiger partial charge in [-0.1, -0.05) is 0 Å². The molecule has 1 aliphatic heterocycles. The predicted octanol–water partition coefficient (Wildman–Crippen LogP) is 1.11. The molecule has 0 aliphatic carbocycles. The molecule has 9 heteroatoms. The van der Waals surface area contributed by atoms with Crippen molar-refractivity contribution in [1.29, 1.82) is 0 Å². The molecule has 0 spiro atoms. The van der Waals surface area contributed by atoms with Gasteiger partial charge in [-0.3, -0.25) is 4.72 Å². The van der Waals surface area contributed by atoms with E-state index in [1.54, 1.807) is 25.1 Å². The number of aromatic nitrogens is 2. The summed E-state index contributed by atoms with van der Waals surface area (Å²) in [7, 11) is -0.159. The number of nitrogens with zero attached hydrogens (tertiary/aromatic N) is 3. The van der Waals surface area contributed by atoms with E-state index in [0.717, 1.165) is 0 Å². The third-order valence-electron chi connectivity index (χ3n) is 3.11. The smallest absolute Gasteiger partial charge is 0.262 e. The third kappa shape index (κ3) is 3.29. The molecule has 0 atom stereocenters. The minimum atomic E-state index is -3.76. The van der Waals surface area contributed by atoms with Gasteiger partial charge < -0.3 is 14.4 Å². The van der Waals surface area contributed by atoms with Crippen LogP contribution in [-0.4, -0.2) is 45.7 Å². The highest BCUT2D eigenvalue weighted by atomic mass is 32.2. The van der Waals surface area contributed by atoms with Gasteiger partial charge in [0.25, 0.3) is 10.0 Å². The molecular weight excluding hydrogens is 320 g/mol. The lowest BCUT2D eigenvalue weighted by Crippen LogP contribution is -2.18. The van der Waals surface area contributed by atoms with Crippen LogP contribution in [0.15, 0.2) is 35.5 Å². The van der Waals surface area contributed by atoms with Crippen LogP contribution in [0.3, 0.4) is 0 Å². The number of rotatable bonds is 4. The van der Waals surface area contributed by atoms with Crippen molar-refractivity contribution in [2.24, 2.45) is 0 Å². The lowest BCUT2D eigenvalue weighted by molar-refractivity contribution is 0.171. The van der Waals surface area contributed by atoms with Crippen molar-refractivity contribution < 1.29 is 17.9 Å². The molecule has 23 heavy (non-hydrogen) atoms. The third-order valence-corrected chi connectivity index (χ3v) is 4.49. The molecule has 1 aromatic heterocycles. The fourth-order valence-electron chi connectivity index (χ4n) is 2.01. The summed E-state index contributed by atoms with van der Waals surface area (Å²) in [6.07, 6.45) is 2.83. The number of hydrogen-bond acceptors (Lipinski definition) is 7. The van der Waals surface area contributed by atoms with Crippen LogP contribution in [0.1, 0.15) is 0 Å². The molecular formula is C14H16N4O4S. The van der Waals surface area contributed by atoms with Crippen LogP contribution in [0.5, 0.6) is 11.5 Å². The highest BCUT2D eigenvalue weighted by Gasteiger charge is 2.19. The topological polar surface area (TPSA) is 93.7 Å². The van der Waals surface area contributed by atoms with Crippen molar-refractivity contribution in [3.8, 4) is 11.5 Å². The Balaban J connectivity index is 1.84. The van der Waals surface area contributed by atoms with Crippen LogP contribution >= 0.6 is 0 Å². The van der Waals surface area contributed by atoms with E-state index in [-0.39, 0.29) is 10.6 Å². The van der Waals surface area contributed by atoms with Crippen LogP contribution in [0.4, 0.5) is 11.6 Å². The van der Waals surface area contributed by atoms with Gasteiger partial charge in [-0.2, -0.15) is 0 Å². The summed E-state index contributed by atoms with van der Waals surface area (Å²) in [6, 6.07) is 4.48. The molecule has 0 unspecified atom stereocenters. The van der Waals surface area contributed by atoms with Gasteiger partial charge in [0.1, 0.15) is 13.2 Å². The Labute approximate surface area is 134 Å². The average molecular weight is 336 g/mol. The molecule has 1 N–H and O–H groups in total. The number of benzene rings is 1. The lowest BCUT2D eigenvalue weighted by atomic mass is 10.3. The van der Waals surface area contributed by atoms with Gasteiger partial charge in [0, 0.05) is 20.2 Å². The second-order valence-electron chi connectivity index (χ2n) is 5.08. The maximum atomic E-state index is 12.4. The Morgan fingerprint density at radius 1 is 1.09 bits per heavy atom. The van der Waals surface area contributed by atoms with E-state index < -0.39 is 10.0 Å². The summed E-state index contributed by atoms with van der Waals surface area (Å²) in [4.78, 5) is 9.94. The van der Waals surface area contributed by atoms with Gasteiger partial charge in [-0.15, -0.1) is 0 Å². The highest BCUT2D eigenvalue weighted by Crippen LogP contribution is 2.32. The quantitative estimate of drug-likeness (QED) is 0.894. The average Bonchev–Trinajstić information content (AvgIpc) is 2.54.